The van der Waals surface area contributed by atoms with Crippen molar-refractivity contribution in [2.75, 3.05) is 14.2 Å². The Balaban J connectivity index is 2.60. The zero-order valence-corrected chi connectivity index (χ0v) is 10.7. The summed E-state index contributed by atoms with van der Waals surface area (Å²) in [6.07, 6.45) is 2.15. The average molecular weight is 233 g/mol. The van der Waals surface area contributed by atoms with Crippen molar-refractivity contribution in [1.82, 2.24) is 5.32 Å². The van der Waals surface area contributed by atoms with Crippen LogP contribution in [0.25, 0.3) is 11.0 Å². The van der Waals surface area contributed by atoms with Gasteiger partial charge >= 0.3 is 0 Å². The molecule has 3 nitrogen and oxygen atoms in total. The van der Waals surface area contributed by atoms with E-state index in [9.17, 15) is 0 Å². The van der Waals surface area contributed by atoms with Gasteiger partial charge < -0.3 is 14.5 Å². The fraction of sp³-hybridized carbons (Fsp3) is 0.429. The van der Waals surface area contributed by atoms with Gasteiger partial charge in [-0.3, -0.25) is 0 Å². The van der Waals surface area contributed by atoms with E-state index in [4.69, 9.17) is 9.15 Å². The lowest BCUT2D eigenvalue weighted by Crippen LogP contribution is -2.05. The van der Waals surface area contributed by atoms with E-state index in [2.05, 4.69) is 18.3 Å². The smallest absolute Gasteiger partial charge is 0.176 e. The lowest BCUT2D eigenvalue weighted by atomic mass is 10.1. The number of rotatable bonds is 5. The van der Waals surface area contributed by atoms with E-state index >= 15 is 0 Å². The summed E-state index contributed by atoms with van der Waals surface area (Å²) in [5.41, 5.74) is 2.17. The van der Waals surface area contributed by atoms with Gasteiger partial charge in [0, 0.05) is 10.9 Å². The molecule has 0 atom stereocenters. The molecule has 1 aromatic heterocycles. The van der Waals surface area contributed by atoms with Crippen LogP contribution in [0.1, 0.15) is 24.7 Å². The molecule has 1 N–H and O–H groups in total. The highest BCUT2D eigenvalue weighted by atomic mass is 16.5. The third-order valence-corrected chi connectivity index (χ3v) is 2.92. The first-order valence-corrected chi connectivity index (χ1v) is 6.03. The molecule has 0 amide bonds. The lowest BCUT2D eigenvalue weighted by Gasteiger charge is -2.00. The van der Waals surface area contributed by atoms with Gasteiger partial charge in [-0.15, -0.1) is 0 Å². The van der Waals surface area contributed by atoms with Gasteiger partial charge in [-0.05, 0) is 19.5 Å². The van der Waals surface area contributed by atoms with E-state index in [1.54, 1.807) is 7.11 Å². The number of benzene rings is 1. The molecule has 0 fully saturated rings. The predicted molar refractivity (Wildman–Crippen MR) is 69.5 cm³/mol. The van der Waals surface area contributed by atoms with Gasteiger partial charge in [0.15, 0.2) is 11.3 Å². The fourth-order valence-corrected chi connectivity index (χ4v) is 2.18. The van der Waals surface area contributed by atoms with Crippen LogP contribution in [0.4, 0.5) is 0 Å². The Labute approximate surface area is 102 Å². The zero-order chi connectivity index (χ0) is 12.3. The highest BCUT2D eigenvalue weighted by Gasteiger charge is 2.15. The van der Waals surface area contributed by atoms with Crippen LogP contribution in [0.3, 0.4) is 0 Å². The minimum absolute atomic E-state index is 0.757. The first-order chi connectivity index (χ1) is 8.31. The van der Waals surface area contributed by atoms with Crippen molar-refractivity contribution in [2.24, 2.45) is 0 Å². The Bertz CT molecular complexity index is 502. The van der Waals surface area contributed by atoms with Gasteiger partial charge in [0.25, 0.3) is 0 Å². The summed E-state index contributed by atoms with van der Waals surface area (Å²) in [5.74, 6) is 1.83. The van der Waals surface area contributed by atoms with Gasteiger partial charge in [0.05, 0.1) is 13.7 Å². The van der Waals surface area contributed by atoms with E-state index in [1.165, 1.54) is 10.9 Å². The number of aryl methyl sites for hydroxylation is 1. The number of nitrogens with one attached hydrogen (secondary N) is 1. The first kappa shape index (κ1) is 12.0. The number of ether oxygens (including phenoxy) is 1. The van der Waals surface area contributed by atoms with Crippen LogP contribution in [0, 0.1) is 0 Å². The predicted octanol–water partition coefficient (Wildman–Crippen LogP) is 3.11. The molecule has 0 aliphatic carbocycles. The Morgan fingerprint density at radius 2 is 2.18 bits per heavy atom. The van der Waals surface area contributed by atoms with Gasteiger partial charge in [-0.2, -0.15) is 0 Å². The average Bonchev–Trinajstić information content (AvgIpc) is 2.69. The molecule has 0 aliphatic heterocycles. The number of hydrogen-bond donors (Lipinski definition) is 1. The third-order valence-electron chi connectivity index (χ3n) is 2.92. The number of para-hydroxylation sites is 1. The Morgan fingerprint density at radius 3 is 2.82 bits per heavy atom. The highest BCUT2D eigenvalue weighted by molar-refractivity contribution is 5.87. The number of fused-ring (bicyclic) bond motifs is 1. The van der Waals surface area contributed by atoms with E-state index in [-0.39, 0.29) is 0 Å². The maximum Gasteiger partial charge on any atom is 0.176 e. The Morgan fingerprint density at radius 1 is 1.35 bits per heavy atom. The third kappa shape index (κ3) is 2.15. The van der Waals surface area contributed by atoms with E-state index in [0.29, 0.717) is 0 Å². The minimum Gasteiger partial charge on any atom is -0.493 e. The van der Waals surface area contributed by atoms with Crippen molar-refractivity contribution < 1.29 is 9.15 Å². The van der Waals surface area contributed by atoms with Gasteiger partial charge in [0.2, 0.25) is 0 Å². The molecule has 1 heterocycles. The van der Waals surface area contributed by atoms with Crippen LogP contribution in [-0.4, -0.2) is 14.2 Å². The van der Waals surface area contributed by atoms with E-state index < -0.39 is 0 Å². The second-order valence-electron chi connectivity index (χ2n) is 4.12. The fourth-order valence-electron chi connectivity index (χ4n) is 2.18. The normalized spacial score (nSPS) is 11.0. The molecular formula is C14H19NO2. The molecule has 3 heteroatoms. The lowest BCUT2D eigenvalue weighted by molar-refractivity contribution is 0.406. The minimum atomic E-state index is 0.757. The van der Waals surface area contributed by atoms with Crippen molar-refractivity contribution in [2.45, 2.75) is 26.3 Å². The molecule has 0 aliphatic rings. The van der Waals surface area contributed by atoms with Crippen molar-refractivity contribution >= 4 is 11.0 Å². The van der Waals surface area contributed by atoms with Gasteiger partial charge in [0.1, 0.15) is 5.76 Å². The zero-order valence-electron chi connectivity index (χ0n) is 10.7. The molecule has 92 valence electrons. The summed E-state index contributed by atoms with van der Waals surface area (Å²) in [5, 5.41) is 4.32. The summed E-state index contributed by atoms with van der Waals surface area (Å²) in [7, 11) is 3.61. The van der Waals surface area contributed by atoms with Crippen LogP contribution in [0.15, 0.2) is 22.6 Å². The molecule has 0 radical (unpaired) electrons. The maximum absolute atomic E-state index is 5.93. The number of furan rings is 1. The van der Waals surface area contributed by atoms with E-state index in [0.717, 1.165) is 36.5 Å². The maximum atomic E-state index is 5.93. The Hall–Kier alpha value is -1.48. The van der Waals surface area contributed by atoms with Gasteiger partial charge in [-0.25, -0.2) is 0 Å². The van der Waals surface area contributed by atoms with Crippen LogP contribution in [0.5, 0.6) is 5.75 Å². The molecule has 0 spiro atoms. The van der Waals surface area contributed by atoms with Crippen LogP contribution < -0.4 is 10.1 Å². The van der Waals surface area contributed by atoms with E-state index in [1.807, 2.05) is 19.2 Å². The summed E-state index contributed by atoms with van der Waals surface area (Å²) in [6, 6.07) is 6.05. The molecule has 1 aromatic carbocycles. The molecule has 0 saturated carbocycles. The quantitative estimate of drug-likeness (QED) is 0.861. The molecular weight excluding hydrogens is 214 g/mol. The molecule has 17 heavy (non-hydrogen) atoms. The second kappa shape index (κ2) is 5.23. The van der Waals surface area contributed by atoms with Crippen molar-refractivity contribution in [3.8, 4) is 5.75 Å². The SMILES string of the molecule is CCCc1c(CNC)oc2c(OC)cccc12. The standard InChI is InChI=1S/C14H19NO2/c1-4-6-10-11-7-5-8-12(16-3)14(11)17-13(10)9-15-2/h5,7-8,15H,4,6,9H2,1-3H3. The first-order valence-electron chi connectivity index (χ1n) is 6.03. The molecule has 0 bridgehead atoms. The second-order valence-corrected chi connectivity index (χ2v) is 4.12. The summed E-state index contributed by atoms with van der Waals surface area (Å²) < 4.78 is 11.3. The largest absolute Gasteiger partial charge is 0.493 e. The topological polar surface area (TPSA) is 34.4 Å². The van der Waals surface area contributed by atoms with Gasteiger partial charge in [-0.1, -0.05) is 25.5 Å². The van der Waals surface area contributed by atoms with Crippen LogP contribution in [0.2, 0.25) is 0 Å². The summed E-state index contributed by atoms with van der Waals surface area (Å²) >= 11 is 0. The number of methoxy groups -OCH3 is 1. The monoisotopic (exact) mass is 233 g/mol. The van der Waals surface area contributed by atoms with Crippen LogP contribution in [-0.2, 0) is 13.0 Å². The van der Waals surface area contributed by atoms with Crippen LogP contribution >= 0.6 is 0 Å². The summed E-state index contributed by atoms with van der Waals surface area (Å²) in [6.45, 7) is 2.94. The Kier molecular flexibility index (Phi) is 3.69. The molecule has 0 unspecified atom stereocenters. The molecule has 2 rings (SSSR count). The van der Waals surface area contributed by atoms with Crippen molar-refractivity contribution in [3.63, 3.8) is 0 Å². The van der Waals surface area contributed by atoms with Crippen molar-refractivity contribution in [3.05, 3.63) is 29.5 Å². The molecule has 2 aromatic rings. The van der Waals surface area contributed by atoms with Crippen molar-refractivity contribution in [1.29, 1.82) is 0 Å². The summed E-state index contributed by atoms with van der Waals surface area (Å²) in [4.78, 5) is 0. The highest BCUT2D eigenvalue weighted by Crippen LogP contribution is 2.33. The molecule has 0 saturated heterocycles. The number of hydrogen-bond acceptors (Lipinski definition) is 3.